The molecule has 106 valence electrons. The van der Waals surface area contributed by atoms with Crippen molar-refractivity contribution >= 4 is 44.7 Å². The molecule has 6 nitrogen and oxygen atoms in total. The first-order valence-corrected chi connectivity index (χ1v) is 7.80. The first-order chi connectivity index (χ1) is 9.39. The lowest BCUT2D eigenvalue weighted by atomic mass is 10.2. The summed E-state index contributed by atoms with van der Waals surface area (Å²) in [7, 11) is -3.71. The van der Waals surface area contributed by atoms with Crippen LogP contribution in [0.25, 0.3) is 0 Å². The second kappa shape index (κ2) is 5.82. The van der Waals surface area contributed by atoms with Gasteiger partial charge in [0.05, 0.1) is 5.75 Å². The molecule has 2 rings (SSSR count). The van der Waals surface area contributed by atoms with Crippen LogP contribution in [0.3, 0.4) is 0 Å². The molecule has 0 bridgehead atoms. The van der Waals surface area contributed by atoms with Crippen LogP contribution in [0.15, 0.2) is 30.6 Å². The van der Waals surface area contributed by atoms with E-state index >= 15 is 0 Å². The Balaban J connectivity index is 2.24. The highest BCUT2D eigenvalue weighted by atomic mass is 35.5. The molecule has 0 saturated carbocycles. The lowest BCUT2D eigenvalue weighted by molar-refractivity contribution is 0.600. The SMILES string of the molecule is Nc1ccccc1CS(=O)(=O)Nc1ncnc(Cl)c1Cl. The van der Waals surface area contributed by atoms with Gasteiger partial charge < -0.3 is 5.73 Å². The van der Waals surface area contributed by atoms with Crippen LogP contribution in [0.5, 0.6) is 0 Å². The number of anilines is 2. The van der Waals surface area contributed by atoms with Crippen molar-refractivity contribution in [2.75, 3.05) is 10.5 Å². The summed E-state index contributed by atoms with van der Waals surface area (Å²) in [6.45, 7) is 0. The van der Waals surface area contributed by atoms with Crippen molar-refractivity contribution in [3.8, 4) is 0 Å². The Bertz CT molecular complexity index is 737. The normalized spacial score (nSPS) is 11.3. The van der Waals surface area contributed by atoms with Crippen molar-refractivity contribution in [3.63, 3.8) is 0 Å². The topological polar surface area (TPSA) is 98.0 Å². The molecule has 0 spiro atoms. The first-order valence-electron chi connectivity index (χ1n) is 5.39. The lowest BCUT2D eigenvalue weighted by Crippen LogP contribution is -2.17. The van der Waals surface area contributed by atoms with Crippen molar-refractivity contribution in [1.29, 1.82) is 0 Å². The van der Waals surface area contributed by atoms with Crippen LogP contribution >= 0.6 is 23.2 Å². The molecule has 3 N–H and O–H groups in total. The van der Waals surface area contributed by atoms with E-state index in [9.17, 15) is 8.42 Å². The number of nitrogens with zero attached hydrogens (tertiary/aromatic N) is 2. The van der Waals surface area contributed by atoms with Gasteiger partial charge in [-0.3, -0.25) is 4.72 Å². The molecule has 0 saturated heterocycles. The summed E-state index contributed by atoms with van der Waals surface area (Å²) in [5.74, 6) is -0.362. The van der Waals surface area contributed by atoms with E-state index in [2.05, 4.69) is 14.7 Å². The average Bonchev–Trinajstić information content (AvgIpc) is 2.37. The summed E-state index contributed by atoms with van der Waals surface area (Å²) in [5.41, 5.74) is 6.59. The number of rotatable bonds is 4. The molecule has 0 unspecified atom stereocenters. The number of aromatic nitrogens is 2. The van der Waals surface area contributed by atoms with Crippen LogP contribution in [0, 0.1) is 0 Å². The molecule has 1 aromatic carbocycles. The average molecular weight is 333 g/mol. The van der Waals surface area contributed by atoms with Crippen LogP contribution in [0.2, 0.25) is 10.2 Å². The van der Waals surface area contributed by atoms with E-state index in [1.54, 1.807) is 24.3 Å². The molecular formula is C11H10Cl2N4O2S. The summed E-state index contributed by atoms with van der Waals surface area (Å²) >= 11 is 11.5. The zero-order valence-corrected chi connectivity index (χ0v) is 12.4. The number of nitrogens with two attached hydrogens (primary N) is 1. The van der Waals surface area contributed by atoms with Gasteiger partial charge in [0.1, 0.15) is 11.3 Å². The number of hydrogen-bond acceptors (Lipinski definition) is 5. The van der Waals surface area contributed by atoms with Gasteiger partial charge in [0, 0.05) is 5.69 Å². The van der Waals surface area contributed by atoms with Gasteiger partial charge in [0.15, 0.2) is 11.0 Å². The minimum atomic E-state index is -3.71. The highest BCUT2D eigenvalue weighted by molar-refractivity contribution is 7.91. The molecule has 9 heteroatoms. The Kier molecular flexibility index (Phi) is 4.32. The molecule has 0 aliphatic heterocycles. The first kappa shape index (κ1) is 14.8. The maximum Gasteiger partial charge on any atom is 0.238 e. The molecule has 20 heavy (non-hydrogen) atoms. The predicted molar refractivity (Wildman–Crippen MR) is 79.2 cm³/mol. The summed E-state index contributed by atoms with van der Waals surface area (Å²) in [4.78, 5) is 7.37. The fourth-order valence-corrected chi connectivity index (χ4v) is 3.00. The Morgan fingerprint density at radius 2 is 1.90 bits per heavy atom. The Morgan fingerprint density at radius 1 is 1.20 bits per heavy atom. The highest BCUT2D eigenvalue weighted by Gasteiger charge is 2.17. The molecule has 0 atom stereocenters. The number of sulfonamides is 1. The third-order valence-corrected chi connectivity index (χ3v) is 4.34. The number of hydrogen-bond donors (Lipinski definition) is 2. The third-order valence-electron chi connectivity index (χ3n) is 2.40. The highest BCUT2D eigenvalue weighted by Crippen LogP contribution is 2.26. The number of nitrogen functional groups attached to an aromatic ring is 1. The van der Waals surface area contributed by atoms with E-state index in [1.165, 1.54) is 0 Å². The molecule has 0 amide bonds. The van der Waals surface area contributed by atoms with Gasteiger partial charge in [0.2, 0.25) is 10.0 Å². The maximum absolute atomic E-state index is 12.1. The molecule has 0 aliphatic carbocycles. The molecule has 0 aliphatic rings. The quantitative estimate of drug-likeness (QED) is 0.661. The smallest absolute Gasteiger partial charge is 0.238 e. The van der Waals surface area contributed by atoms with Crippen molar-refractivity contribution in [2.24, 2.45) is 0 Å². The summed E-state index contributed by atoms with van der Waals surface area (Å²) in [6.07, 6.45) is 1.11. The van der Waals surface area contributed by atoms with Crippen LogP contribution < -0.4 is 10.5 Å². The van der Waals surface area contributed by atoms with Gasteiger partial charge in [-0.05, 0) is 11.6 Å². The zero-order chi connectivity index (χ0) is 14.8. The summed E-state index contributed by atoms with van der Waals surface area (Å²) in [5, 5.41) is -0.0858. The van der Waals surface area contributed by atoms with Gasteiger partial charge in [0.25, 0.3) is 0 Å². The molecule has 0 fully saturated rings. The fourth-order valence-electron chi connectivity index (χ4n) is 1.47. The van der Waals surface area contributed by atoms with Crippen LogP contribution in [0.1, 0.15) is 5.56 Å². The Morgan fingerprint density at radius 3 is 2.60 bits per heavy atom. The molecule has 1 aromatic heterocycles. The molecule has 0 radical (unpaired) electrons. The minimum absolute atomic E-state index is 0.0291. The van der Waals surface area contributed by atoms with Crippen molar-refractivity contribution in [2.45, 2.75) is 5.75 Å². The van der Waals surface area contributed by atoms with E-state index in [0.29, 0.717) is 11.3 Å². The van der Waals surface area contributed by atoms with E-state index in [0.717, 1.165) is 6.33 Å². The number of benzene rings is 1. The van der Waals surface area contributed by atoms with E-state index < -0.39 is 10.0 Å². The van der Waals surface area contributed by atoms with Crippen molar-refractivity contribution in [1.82, 2.24) is 9.97 Å². The molecular weight excluding hydrogens is 323 g/mol. The lowest BCUT2D eigenvalue weighted by Gasteiger charge is -2.10. The number of para-hydroxylation sites is 1. The van der Waals surface area contributed by atoms with Gasteiger partial charge >= 0.3 is 0 Å². The maximum atomic E-state index is 12.1. The minimum Gasteiger partial charge on any atom is -0.398 e. The summed E-state index contributed by atoms with van der Waals surface area (Å²) in [6, 6.07) is 6.68. The van der Waals surface area contributed by atoms with Crippen LogP contribution in [-0.2, 0) is 15.8 Å². The standard InChI is InChI=1S/C11H10Cl2N4O2S/c12-9-10(13)15-6-16-11(9)17-20(18,19)5-7-3-1-2-4-8(7)14/h1-4,6H,5,14H2,(H,15,16,17). The molecule has 2 aromatic rings. The third kappa shape index (κ3) is 3.50. The zero-order valence-electron chi connectivity index (χ0n) is 10.0. The van der Waals surface area contributed by atoms with Gasteiger partial charge in [-0.2, -0.15) is 0 Å². The number of halogens is 2. The van der Waals surface area contributed by atoms with Gasteiger partial charge in [-0.25, -0.2) is 18.4 Å². The van der Waals surface area contributed by atoms with Gasteiger partial charge in [-0.1, -0.05) is 41.4 Å². The van der Waals surface area contributed by atoms with E-state index in [4.69, 9.17) is 28.9 Å². The van der Waals surface area contributed by atoms with Crippen LogP contribution in [0.4, 0.5) is 11.5 Å². The van der Waals surface area contributed by atoms with E-state index in [1.807, 2.05) is 0 Å². The number of nitrogens with one attached hydrogen (secondary N) is 1. The summed E-state index contributed by atoms with van der Waals surface area (Å²) < 4.78 is 26.4. The fraction of sp³-hybridized carbons (Fsp3) is 0.0909. The largest absolute Gasteiger partial charge is 0.398 e. The Labute approximate surface area is 126 Å². The van der Waals surface area contributed by atoms with E-state index in [-0.39, 0.29) is 21.7 Å². The van der Waals surface area contributed by atoms with Gasteiger partial charge in [-0.15, -0.1) is 0 Å². The molecule has 1 heterocycles. The van der Waals surface area contributed by atoms with Crippen LogP contribution in [-0.4, -0.2) is 18.4 Å². The second-order valence-electron chi connectivity index (χ2n) is 3.89. The monoisotopic (exact) mass is 332 g/mol. The second-order valence-corrected chi connectivity index (χ2v) is 6.35. The Hall–Kier alpha value is -1.57. The van der Waals surface area contributed by atoms with Crippen molar-refractivity contribution in [3.05, 3.63) is 46.3 Å². The van der Waals surface area contributed by atoms with Crippen molar-refractivity contribution < 1.29 is 8.42 Å². The predicted octanol–water partition coefficient (Wildman–Crippen LogP) is 2.31.